The molecule has 0 aromatic rings. The summed E-state index contributed by atoms with van der Waals surface area (Å²) < 4.78 is 30.8. The number of aliphatic carboxylic acids is 1. The Morgan fingerprint density at radius 2 is 1.89 bits per heavy atom. The molecular formula is C26H34O9. The maximum absolute atomic E-state index is 14.5. The minimum absolute atomic E-state index is 0.0298. The van der Waals surface area contributed by atoms with Gasteiger partial charge >= 0.3 is 11.9 Å². The van der Waals surface area contributed by atoms with E-state index in [0.717, 1.165) is 6.42 Å². The Kier molecular flexibility index (Phi) is 4.18. The van der Waals surface area contributed by atoms with Crippen molar-refractivity contribution in [3.63, 3.8) is 0 Å². The minimum Gasteiger partial charge on any atom is -0.481 e. The van der Waals surface area contributed by atoms with Crippen molar-refractivity contribution in [3.8, 4) is 0 Å². The molecular weight excluding hydrogens is 456 g/mol. The first-order valence-electron chi connectivity index (χ1n) is 13.0. The molecule has 2 bridgehead atoms. The predicted molar refractivity (Wildman–Crippen MR) is 117 cm³/mol. The first-order chi connectivity index (χ1) is 16.4. The fraction of sp³-hybridized carbons (Fsp3) is 0.885. The van der Waals surface area contributed by atoms with Gasteiger partial charge in [0.1, 0.15) is 17.8 Å². The number of carboxylic acid groups (broad SMARTS) is 1. The molecule has 35 heavy (non-hydrogen) atoms. The van der Waals surface area contributed by atoms with Crippen molar-refractivity contribution in [1.29, 1.82) is 0 Å². The van der Waals surface area contributed by atoms with Gasteiger partial charge in [-0.25, -0.2) is 4.79 Å². The van der Waals surface area contributed by atoms with Crippen molar-refractivity contribution < 1.29 is 43.2 Å². The van der Waals surface area contributed by atoms with Crippen LogP contribution in [-0.4, -0.2) is 78.3 Å². The number of rotatable bonds is 3. The minimum atomic E-state index is -1.01. The number of epoxide rings is 1. The molecule has 0 radical (unpaired) electrons. The Hall–Kier alpha value is -1.55. The molecule has 2 aliphatic carbocycles. The average molecular weight is 491 g/mol. The van der Waals surface area contributed by atoms with E-state index in [1.165, 1.54) is 0 Å². The number of Topliss-reactive ketones (excluding diaryl/α,β-unsaturated/α-hetero) is 1. The molecule has 7 rings (SSSR count). The molecule has 9 heteroatoms. The van der Waals surface area contributed by atoms with Crippen LogP contribution in [0.15, 0.2) is 0 Å². The van der Waals surface area contributed by atoms with E-state index in [2.05, 4.69) is 6.92 Å². The number of fused-ring (bicyclic) bond motifs is 1. The molecule has 1 spiro atoms. The summed E-state index contributed by atoms with van der Waals surface area (Å²) in [7, 11) is 0. The number of carboxylic acids is 1. The largest absolute Gasteiger partial charge is 0.481 e. The highest BCUT2D eigenvalue weighted by Crippen LogP contribution is 2.79. The lowest BCUT2D eigenvalue weighted by molar-refractivity contribution is -0.214. The second kappa shape index (κ2) is 6.47. The zero-order valence-electron chi connectivity index (χ0n) is 20.7. The third-order valence-electron chi connectivity index (χ3n) is 11.3. The third kappa shape index (κ3) is 2.26. The highest BCUT2D eigenvalue weighted by Gasteiger charge is 2.91. The van der Waals surface area contributed by atoms with E-state index in [1.54, 1.807) is 0 Å². The molecule has 0 unspecified atom stereocenters. The molecule has 5 saturated heterocycles. The van der Waals surface area contributed by atoms with Crippen molar-refractivity contribution in [2.45, 2.75) is 89.0 Å². The fourth-order valence-corrected chi connectivity index (χ4v) is 10.2. The highest BCUT2D eigenvalue weighted by atomic mass is 16.7. The van der Waals surface area contributed by atoms with Crippen LogP contribution in [0.2, 0.25) is 0 Å². The summed E-state index contributed by atoms with van der Waals surface area (Å²) in [5.41, 5.74) is -3.89. The van der Waals surface area contributed by atoms with Gasteiger partial charge in [0.2, 0.25) is 0 Å². The van der Waals surface area contributed by atoms with E-state index in [-0.39, 0.29) is 42.7 Å². The third-order valence-corrected chi connectivity index (χ3v) is 11.3. The van der Waals surface area contributed by atoms with Crippen LogP contribution in [-0.2, 0) is 38.1 Å². The SMILES string of the molecule is CC1(C)O[C@@H](CC(=O)O)[C@]23CO[C@H](C(=O)[C@]4(C)[C@@H]2CC[C@@]2(C)[C@H]([C@H]5CCOC5)OC(=O)[C@H]5O[C@]524)[C@H]13. The maximum atomic E-state index is 14.5. The van der Waals surface area contributed by atoms with Crippen LogP contribution >= 0.6 is 0 Å². The van der Waals surface area contributed by atoms with Gasteiger partial charge in [-0.05, 0) is 46.0 Å². The zero-order chi connectivity index (χ0) is 24.8. The molecule has 1 N–H and O–H groups in total. The second-order valence-corrected chi connectivity index (χ2v) is 12.9. The van der Waals surface area contributed by atoms with E-state index in [1.807, 2.05) is 20.8 Å². The summed E-state index contributed by atoms with van der Waals surface area (Å²) in [4.78, 5) is 39.6. The van der Waals surface area contributed by atoms with Gasteiger partial charge < -0.3 is 28.8 Å². The van der Waals surface area contributed by atoms with Crippen LogP contribution in [0.3, 0.4) is 0 Å². The van der Waals surface area contributed by atoms with Gasteiger partial charge in [-0.1, -0.05) is 6.92 Å². The normalized spacial score (nSPS) is 57.1. The van der Waals surface area contributed by atoms with Crippen LogP contribution < -0.4 is 0 Å². The van der Waals surface area contributed by atoms with Crippen LogP contribution in [0.5, 0.6) is 0 Å². The monoisotopic (exact) mass is 490 g/mol. The van der Waals surface area contributed by atoms with E-state index < -0.39 is 57.7 Å². The Bertz CT molecular complexity index is 1030. The van der Waals surface area contributed by atoms with Crippen LogP contribution in [0, 0.1) is 34.0 Å². The molecule has 0 aromatic carbocycles. The number of hydrogen-bond acceptors (Lipinski definition) is 8. The van der Waals surface area contributed by atoms with Crippen LogP contribution in [0.1, 0.15) is 53.4 Å². The number of ketones is 1. The Labute approximate surface area is 204 Å². The van der Waals surface area contributed by atoms with Gasteiger partial charge in [-0.2, -0.15) is 0 Å². The number of cyclic esters (lactones) is 1. The molecule has 9 nitrogen and oxygen atoms in total. The number of hydrogen-bond donors (Lipinski definition) is 1. The van der Waals surface area contributed by atoms with Crippen molar-refractivity contribution in [2.24, 2.45) is 34.0 Å². The summed E-state index contributed by atoms with van der Waals surface area (Å²) in [5.74, 6) is -1.74. The zero-order valence-corrected chi connectivity index (χ0v) is 20.7. The molecule has 0 amide bonds. The molecule has 5 heterocycles. The van der Waals surface area contributed by atoms with E-state index in [9.17, 15) is 19.5 Å². The Morgan fingerprint density at radius 3 is 2.57 bits per heavy atom. The molecule has 0 aromatic heterocycles. The summed E-state index contributed by atoms with van der Waals surface area (Å²) in [5, 5.41) is 9.76. The Balaban J connectivity index is 1.39. The first-order valence-corrected chi connectivity index (χ1v) is 13.0. The topological polar surface area (TPSA) is 121 Å². The lowest BCUT2D eigenvalue weighted by Gasteiger charge is -2.63. The number of ether oxygens (including phenoxy) is 5. The predicted octanol–water partition coefficient (Wildman–Crippen LogP) is 1.74. The quantitative estimate of drug-likeness (QED) is 0.466. The lowest BCUT2D eigenvalue weighted by Crippen LogP contribution is -2.74. The molecule has 192 valence electrons. The highest BCUT2D eigenvalue weighted by molar-refractivity contribution is 5.96. The summed E-state index contributed by atoms with van der Waals surface area (Å²) in [6.07, 6.45) is -0.387. The number of carbonyl (C=O) groups excluding carboxylic acids is 2. The van der Waals surface area contributed by atoms with Crippen molar-refractivity contribution in [1.82, 2.24) is 0 Å². The summed E-state index contributed by atoms with van der Waals surface area (Å²) in [6.45, 7) is 9.42. The van der Waals surface area contributed by atoms with Crippen molar-refractivity contribution in [3.05, 3.63) is 0 Å². The number of esters is 1. The van der Waals surface area contributed by atoms with Crippen LogP contribution in [0.25, 0.3) is 0 Å². The van der Waals surface area contributed by atoms with Gasteiger partial charge in [-0.3, -0.25) is 9.59 Å². The van der Waals surface area contributed by atoms with Gasteiger partial charge in [0.15, 0.2) is 11.9 Å². The second-order valence-electron chi connectivity index (χ2n) is 12.9. The van der Waals surface area contributed by atoms with Gasteiger partial charge in [0.25, 0.3) is 0 Å². The van der Waals surface area contributed by atoms with E-state index in [0.29, 0.717) is 26.1 Å². The Morgan fingerprint density at radius 1 is 1.11 bits per heavy atom. The van der Waals surface area contributed by atoms with E-state index in [4.69, 9.17) is 23.7 Å². The first kappa shape index (κ1) is 22.6. The van der Waals surface area contributed by atoms with Gasteiger partial charge in [0.05, 0.1) is 36.8 Å². The maximum Gasteiger partial charge on any atom is 0.338 e. The standard InChI is InChI=1S/C26H34O9/c1-22(2)17-16-18(29)24(4)13(25(17,11-32-16)14(34-22)9-15(27)28)5-7-23(3)19(12-6-8-31-10-12)33-21(30)20-26(23,24)35-20/h12-14,16-17,19-20H,5-11H2,1-4H3,(H,27,28)/t12-,13-,14-,16-,17+,19-,20+,23-,24-,25-,26+/m0/s1. The van der Waals surface area contributed by atoms with Crippen LogP contribution in [0.4, 0.5) is 0 Å². The molecule has 7 fully saturated rings. The van der Waals surface area contributed by atoms with Crippen molar-refractivity contribution >= 4 is 17.7 Å². The van der Waals surface area contributed by atoms with Gasteiger partial charge in [-0.15, -0.1) is 0 Å². The lowest BCUT2D eigenvalue weighted by atomic mass is 9.37. The molecule has 7 aliphatic rings. The summed E-state index contributed by atoms with van der Waals surface area (Å²) in [6, 6.07) is 0. The number of carbonyl (C=O) groups is 3. The molecule has 11 atom stereocenters. The van der Waals surface area contributed by atoms with Gasteiger partial charge in [0, 0.05) is 29.3 Å². The summed E-state index contributed by atoms with van der Waals surface area (Å²) >= 11 is 0. The average Bonchev–Trinajstić information content (AvgIpc) is 3.09. The van der Waals surface area contributed by atoms with Crippen molar-refractivity contribution in [2.75, 3.05) is 19.8 Å². The molecule has 2 saturated carbocycles. The fourth-order valence-electron chi connectivity index (χ4n) is 10.2. The smallest absolute Gasteiger partial charge is 0.338 e. The van der Waals surface area contributed by atoms with E-state index >= 15 is 0 Å². The molecule has 5 aliphatic heterocycles.